The average molecular weight is 217 g/mol. The van der Waals surface area contributed by atoms with E-state index < -0.39 is 0 Å². The molecule has 0 spiro atoms. The van der Waals surface area contributed by atoms with Gasteiger partial charge in [-0.3, -0.25) is 0 Å². The smallest absolute Gasteiger partial charge is 0.0700 e. The Morgan fingerprint density at radius 3 is 2.33 bits per heavy atom. The van der Waals surface area contributed by atoms with Crippen molar-refractivity contribution < 1.29 is 9.47 Å². The Labute approximate surface area is 94.5 Å². The number of hydrogen-bond donors (Lipinski definition) is 1. The van der Waals surface area contributed by atoms with Gasteiger partial charge in [0.25, 0.3) is 0 Å². The maximum atomic E-state index is 5.46. The Balaban J connectivity index is 3.46. The van der Waals surface area contributed by atoms with Crippen LogP contribution in [-0.2, 0) is 9.47 Å². The summed E-state index contributed by atoms with van der Waals surface area (Å²) in [6.45, 7) is 12.1. The third kappa shape index (κ3) is 10.2. The van der Waals surface area contributed by atoms with Gasteiger partial charge in [-0.1, -0.05) is 27.7 Å². The van der Waals surface area contributed by atoms with Gasteiger partial charge in [0.15, 0.2) is 0 Å². The van der Waals surface area contributed by atoms with Crippen molar-refractivity contribution >= 4 is 0 Å². The lowest BCUT2D eigenvalue weighted by molar-refractivity contribution is 0.0556. The Morgan fingerprint density at radius 2 is 1.80 bits per heavy atom. The van der Waals surface area contributed by atoms with Crippen LogP contribution < -0.4 is 5.32 Å². The lowest BCUT2D eigenvalue weighted by atomic mass is 9.89. The summed E-state index contributed by atoms with van der Waals surface area (Å²) in [7, 11) is 1.69. The second-order valence-corrected chi connectivity index (χ2v) is 5.05. The van der Waals surface area contributed by atoms with E-state index in [1.165, 1.54) is 0 Å². The molecule has 0 aliphatic heterocycles. The highest BCUT2D eigenvalue weighted by atomic mass is 16.5. The number of rotatable bonds is 9. The van der Waals surface area contributed by atoms with Crippen molar-refractivity contribution in [1.29, 1.82) is 0 Å². The van der Waals surface area contributed by atoms with Crippen molar-refractivity contribution in [3.8, 4) is 0 Å². The molecule has 0 saturated carbocycles. The maximum absolute atomic E-state index is 5.46. The average Bonchev–Trinajstić information content (AvgIpc) is 2.15. The second kappa shape index (κ2) is 8.08. The predicted molar refractivity (Wildman–Crippen MR) is 64.2 cm³/mol. The second-order valence-electron chi connectivity index (χ2n) is 5.05. The molecule has 0 aromatic carbocycles. The predicted octanol–water partition coefficient (Wildman–Crippen LogP) is 2.06. The highest BCUT2D eigenvalue weighted by Gasteiger charge is 2.17. The molecule has 0 heterocycles. The highest BCUT2D eigenvalue weighted by molar-refractivity contribution is 4.72. The van der Waals surface area contributed by atoms with Gasteiger partial charge in [-0.2, -0.15) is 0 Å². The monoisotopic (exact) mass is 217 g/mol. The first kappa shape index (κ1) is 14.9. The number of nitrogens with one attached hydrogen (secondary N) is 1. The van der Waals surface area contributed by atoms with Gasteiger partial charge in [0.1, 0.15) is 0 Å². The highest BCUT2D eigenvalue weighted by Crippen LogP contribution is 2.18. The van der Waals surface area contributed by atoms with Gasteiger partial charge in [0.2, 0.25) is 0 Å². The van der Waals surface area contributed by atoms with Crippen LogP contribution in [0.1, 0.15) is 34.1 Å². The van der Waals surface area contributed by atoms with Crippen molar-refractivity contribution in [2.75, 3.05) is 33.5 Å². The zero-order valence-electron chi connectivity index (χ0n) is 10.9. The maximum Gasteiger partial charge on any atom is 0.0700 e. The van der Waals surface area contributed by atoms with E-state index in [2.05, 4.69) is 33.0 Å². The summed E-state index contributed by atoms with van der Waals surface area (Å²) in [5.74, 6) is 0. The Hall–Kier alpha value is -0.120. The van der Waals surface area contributed by atoms with Crippen LogP contribution in [0.25, 0.3) is 0 Å². The molecule has 3 heteroatoms. The van der Waals surface area contributed by atoms with Gasteiger partial charge < -0.3 is 14.8 Å². The Kier molecular flexibility index (Phi) is 8.02. The van der Waals surface area contributed by atoms with Gasteiger partial charge in [0, 0.05) is 26.3 Å². The molecule has 3 nitrogen and oxygen atoms in total. The van der Waals surface area contributed by atoms with Gasteiger partial charge in [-0.25, -0.2) is 0 Å². The summed E-state index contributed by atoms with van der Waals surface area (Å²) in [4.78, 5) is 0. The SMILES string of the molecule is COCCOCCC(C)(C)CNC(C)C. The van der Waals surface area contributed by atoms with Crippen LogP contribution in [0.5, 0.6) is 0 Å². The molecule has 0 radical (unpaired) electrons. The summed E-state index contributed by atoms with van der Waals surface area (Å²) in [5, 5.41) is 3.46. The first-order valence-corrected chi connectivity index (χ1v) is 5.78. The summed E-state index contributed by atoms with van der Waals surface area (Å²) in [6, 6.07) is 0.554. The summed E-state index contributed by atoms with van der Waals surface area (Å²) < 4.78 is 10.4. The molecule has 0 amide bonds. The van der Waals surface area contributed by atoms with Gasteiger partial charge in [-0.05, 0) is 11.8 Å². The van der Waals surface area contributed by atoms with E-state index in [0.717, 1.165) is 19.6 Å². The lowest BCUT2D eigenvalue weighted by Gasteiger charge is -2.26. The molecular weight excluding hydrogens is 190 g/mol. The third-order valence-corrected chi connectivity index (χ3v) is 2.34. The van der Waals surface area contributed by atoms with E-state index in [1.54, 1.807) is 7.11 Å². The summed E-state index contributed by atoms with van der Waals surface area (Å²) in [6.07, 6.45) is 1.08. The minimum Gasteiger partial charge on any atom is -0.382 e. The zero-order chi connectivity index (χ0) is 11.7. The van der Waals surface area contributed by atoms with E-state index in [4.69, 9.17) is 9.47 Å². The van der Waals surface area contributed by atoms with Gasteiger partial charge in [0.05, 0.1) is 13.2 Å². The number of hydrogen-bond acceptors (Lipinski definition) is 3. The van der Waals surface area contributed by atoms with Crippen LogP contribution >= 0.6 is 0 Å². The molecule has 0 rings (SSSR count). The van der Waals surface area contributed by atoms with Crippen LogP contribution in [0, 0.1) is 5.41 Å². The molecule has 0 unspecified atom stereocenters. The standard InChI is InChI=1S/C12H27NO2/c1-11(2)13-10-12(3,4)6-7-15-9-8-14-5/h11,13H,6-10H2,1-5H3. The molecule has 0 bridgehead atoms. The van der Waals surface area contributed by atoms with Crippen molar-refractivity contribution in [2.24, 2.45) is 5.41 Å². The molecule has 0 aromatic rings. The number of ether oxygens (including phenoxy) is 2. The molecule has 0 fully saturated rings. The van der Waals surface area contributed by atoms with Crippen molar-refractivity contribution in [3.05, 3.63) is 0 Å². The molecule has 0 aliphatic carbocycles. The van der Waals surface area contributed by atoms with E-state index in [9.17, 15) is 0 Å². The number of methoxy groups -OCH3 is 1. The fraction of sp³-hybridized carbons (Fsp3) is 1.00. The minimum absolute atomic E-state index is 0.303. The Morgan fingerprint density at radius 1 is 1.13 bits per heavy atom. The summed E-state index contributed by atoms with van der Waals surface area (Å²) >= 11 is 0. The summed E-state index contributed by atoms with van der Waals surface area (Å²) in [5.41, 5.74) is 0.303. The Bertz CT molecular complexity index is 147. The molecule has 0 atom stereocenters. The molecule has 1 N–H and O–H groups in total. The molecular formula is C12H27NO2. The van der Waals surface area contributed by atoms with Crippen LogP contribution in [0.15, 0.2) is 0 Å². The quantitative estimate of drug-likeness (QED) is 0.600. The van der Waals surface area contributed by atoms with Crippen LogP contribution in [-0.4, -0.2) is 39.5 Å². The van der Waals surface area contributed by atoms with Gasteiger partial charge >= 0.3 is 0 Å². The lowest BCUT2D eigenvalue weighted by Crippen LogP contribution is -2.34. The van der Waals surface area contributed by atoms with E-state index in [1.807, 2.05) is 0 Å². The van der Waals surface area contributed by atoms with E-state index in [0.29, 0.717) is 24.7 Å². The van der Waals surface area contributed by atoms with Crippen molar-refractivity contribution in [1.82, 2.24) is 5.32 Å². The van der Waals surface area contributed by atoms with Crippen LogP contribution in [0.4, 0.5) is 0 Å². The first-order chi connectivity index (χ1) is 6.98. The molecule has 0 aromatic heterocycles. The minimum atomic E-state index is 0.303. The van der Waals surface area contributed by atoms with Crippen LogP contribution in [0.3, 0.4) is 0 Å². The zero-order valence-corrected chi connectivity index (χ0v) is 10.9. The van der Waals surface area contributed by atoms with Crippen molar-refractivity contribution in [3.63, 3.8) is 0 Å². The molecule has 0 saturated heterocycles. The molecule has 0 aliphatic rings. The third-order valence-electron chi connectivity index (χ3n) is 2.34. The first-order valence-electron chi connectivity index (χ1n) is 5.78. The fourth-order valence-electron chi connectivity index (χ4n) is 1.16. The fourth-order valence-corrected chi connectivity index (χ4v) is 1.16. The largest absolute Gasteiger partial charge is 0.382 e. The van der Waals surface area contributed by atoms with E-state index >= 15 is 0 Å². The molecule has 15 heavy (non-hydrogen) atoms. The van der Waals surface area contributed by atoms with Crippen molar-refractivity contribution in [2.45, 2.75) is 40.2 Å². The van der Waals surface area contributed by atoms with E-state index in [-0.39, 0.29) is 0 Å². The van der Waals surface area contributed by atoms with Crippen LogP contribution in [0.2, 0.25) is 0 Å². The topological polar surface area (TPSA) is 30.5 Å². The molecule has 92 valence electrons. The normalized spacial score (nSPS) is 12.4. The van der Waals surface area contributed by atoms with Gasteiger partial charge in [-0.15, -0.1) is 0 Å².